The minimum Gasteiger partial charge on any atom is -0.462 e. The number of nitrogens with zero attached hydrogens (tertiary/aromatic N) is 2. The third-order valence-corrected chi connectivity index (χ3v) is 6.95. The lowest BCUT2D eigenvalue weighted by atomic mass is 9.68. The number of quaternary nitrogens is 1. The number of rotatable bonds is 5. The minimum absolute atomic E-state index is 0.0748. The second kappa shape index (κ2) is 5.48. The monoisotopic (exact) mass is 311 g/mol. The van der Waals surface area contributed by atoms with E-state index in [4.69, 9.17) is 4.74 Å². The minimum atomic E-state index is -0.0748. The molecule has 2 saturated carbocycles. The molecule has 2 aliphatic rings. The zero-order valence-corrected chi connectivity index (χ0v) is 15.8. The number of hydrogen-bond donors (Lipinski definition) is 0. The van der Waals surface area contributed by atoms with Crippen LogP contribution in [0.2, 0.25) is 0 Å². The lowest BCUT2D eigenvalue weighted by Gasteiger charge is -2.50. The standard InChI is InChI=1S/C18H35N2O2/c1-9-22-14(21)12-20(7,8)16-15(19(5)6)13-10-11-18(16,4)17(13,2)3/h13,15-16H,9-12H2,1-8H3/q+1/t13-,15-,16+,18-/m1/s1. The summed E-state index contributed by atoms with van der Waals surface area (Å²) in [7, 11) is 8.81. The van der Waals surface area contributed by atoms with Crippen molar-refractivity contribution in [2.75, 3.05) is 41.3 Å². The van der Waals surface area contributed by atoms with Gasteiger partial charge in [0.1, 0.15) is 6.04 Å². The van der Waals surface area contributed by atoms with E-state index >= 15 is 0 Å². The molecule has 0 aromatic carbocycles. The highest BCUT2D eigenvalue weighted by atomic mass is 16.5. The molecule has 0 N–H and O–H groups in total. The smallest absolute Gasteiger partial charge is 0.361 e. The summed E-state index contributed by atoms with van der Waals surface area (Å²) in [6, 6.07) is 0.985. The van der Waals surface area contributed by atoms with Crippen molar-refractivity contribution in [3.63, 3.8) is 0 Å². The van der Waals surface area contributed by atoms with Crippen molar-refractivity contribution in [1.82, 2.24) is 4.90 Å². The lowest BCUT2D eigenvalue weighted by Crippen LogP contribution is -2.64. The maximum Gasteiger partial charge on any atom is 0.361 e. The fourth-order valence-corrected chi connectivity index (χ4v) is 5.75. The second-order valence-corrected chi connectivity index (χ2v) is 8.93. The van der Waals surface area contributed by atoms with Crippen LogP contribution in [0, 0.1) is 16.7 Å². The molecule has 0 saturated heterocycles. The average Bonchev–Trinajstić information content (AvgIpc) is 2.68. The summed E-state index contributed by atoms with van der Waals surface area (Å²) in [5.74, 6) is 0.631. The van der Waals surface area contributed by atoms with Crippen molar-refractivity contribution < 1.29 is 14.0 Å². The van der Waals surface area contributed by atoms with E-state index in [1.165, 1.54) is 12.8 Å². The highest BCUT2D eigenvalue weighted by Crippen LogP contribution is 2.67. The van der Waals surface area contributed by atoms with E-state index in [-0.39, 0.29) is 11.4 Å². The highest BCUT2D eigenvalue weighted by Gasteiger charge is 2.71. The third kappa shape index (κ3) is 2.39. The Morgan fingerprint density at radius 1 is 1.27 bits per heavy atom. The molecule has 0 radical (unpaired) electrons. The number of carbonyl (C=O) groups is 1. The summed E-state index contributed by atoms with van der Waals surface area (Å²) < 4.78 is 5.95. The van der Waals surface area contributed by atoms with Crippen molar-refractivity contribution in [3.05, 3.63) is 0 Å². The summed E-state index contributed by atoms with van der Waals surface area (Å²) >= 11 is 0. The van der Waals surface area contributed by atoms with Gasteiger partial charge in [-0.2, -0.15) is 0 Å². The molecular weight excluding hydrogens is 276 g/mol. The van der Waals surface area contributed by atoms with Crippen LogP contribution in [0.4, 0.5) is 0 Å². The van der Waals surface area contributed by atoms with E-state index in [0.717, 1.165) is 4.48 Å². The van der Waals surface area contributed by atoms with E-state index in [1.54, 1.807) is 0 Å². The summed E-state index contributed by atoms with van der Waals surface area (Å²) in [5, 5.41) is 0. The molecule has 128 valence electrons. The van der Waals surface area contributed by atoms with Gasteiger partial charge in [0.05, 0.1) is 26.7 Å². The Hall–Kier alpha value is -0.610. The Bertz CT molecular complexity index is 444. The molecule has 2 fully saturated rings. The van der Waals surface area contributed by atoms with Crippen molar-refractivity contribution in [2.45, 2.75) is 52.6 Å². The molecule has 2 bridgehead atoms. The van der Waals surface area contributed by atoms with Crippen LogP contribution in [0.3, 0.4) is 0 Å². The van der Waals surface area contributed by atoms with Gasteiger partial charge in [0.25, 0.3) is 0 Å². The van der Waals surface area contributed by atoms with Gasteiger partial charge in [0, 0.05) is 5.41 Å². The third-order valence-electron chi connectivity index (χ3n) is 6.95. The topological polar surface area (TPSA) is 29.5 Å². The van der Waals surface area contributed by atoms with Crippen LogP contribution in [-0.4, -0.2) is 68.8 Å². The second-order valence-electron chi connectivity index (χ2n) is 8.93. The normalized spacial score (nSPS) is 36.9. The molecule has 0 heterocycles. The maximum atomic E-state index is 12.1. The Morgan fingerprint density at radius 2 is 1.86 bits per heavy atom. The van der Waals surface area contributed by atoms with Gasteiger partial charge in [0.15, 0.2) is 6.54 Å². The highest BCUT2D eigenvalue weighted by molar-refractivity contribution is 5.70. The van der Waals surface area contributed by atoms with Gasteiger partial charge in [-0.25, -0.2) is 4.79 Å². The van der Waals surface area contributed by atoms with Gasteiger partial charge in [-0.3, -0.25) is 0 Å². The number of likely N-dealkylation sites (N-methyl/N-ethyl adjacent to an activating group) is 2. The van der Waals surface area contributed by atoms with Gasteiger partial charge in [-0.1, -0.05) is 20.8 Å². The van der Waals surface area contributed by atoms with Crippen LogP contribution in [0.15, 0.2) is 0 Å². The SMILES string of the molecule is CCOC(=O)C[N+](C)(C)[C@H]1[C@H](N(C)C)[C@H]2CC[C@@]1(C)C2(C)C. The van der Waals surface area contributed by atoms with E-state index in [9.17, 15) is 4.79 Å². The van der Waals surface area contributed by atoms with Crippen LogP contribution >= 0.6 is 0 Å². The van der Waals surface area contributed by atoms with E-state index in [0.29, 0.717) is 36.6 Å². The Balaban J connectivity index is 2.36. The van der Waals surface area contributed by atoms with E-state index in [1.807, 2.05) is 6.92 Å². The van der Waals surface area contributed by atoms with Gasteiger partial charge < -0.3 is 14.1 Å². The number of fused-ring (bicyclic) bond motifs is 2. The fraction of sp³-hybridized carbons (Fsp3) is 0.944. The molecule has 4 heteroatoms. The molecular formula is C18H35N2O2+. The van der Waals surface area contributed by atoms with Gasteiger partial charge >= 0.3 is 5.97 Å². The fourth-order valence-electron chi connectivity index (χ4n) is 5.75. The molecule has 0 aromatic rings. The zero-order valence-electron chi connectivity index (χ0n) is 15.8. The summed E-state index contributed by atoms with van der Waals surface area (Å²) in [6.45, 7) is 10.1. The first-order valence-corrected chi connectivity index (χ1v) is 8.63. The zero-order chi connectivity index (χ0) is 16.9. The quantitative estimate of drug-likeness (QED) is 0.577. The van der Waals surface area contributed by atoms with Crippen LogP contribution in [0.1, 0.15) is 40.5 Å². The van der Waals surface area contributed by atoms with Crippen LogP contribution in [0.5, 0.6) is 0 Å². The first kappa shape index (κ1) is 17.7. The van der Waals surface area contributed by atoms with Gasteiger partial charge in [0.2, 0.25) is 0 Å². The number of carbonyl (C=O) groups excluding carboxylic acids is 1. The van der Waals surface area contributed by atoms with Crippen LogP contribution in [0.25, 0.3) is 0 Å². The summed E-state index contributed by atoms with van der Waals surface area (Å²) in [4.78, 5) is 14.5. The molecule has 22 heavy (non-hydrogen) atoms. The molecule has 2 aliphatic carbocycles. The predicted octanol–water partition coefficient (Wildman–Crippen LogP) is 2.38. The van der Waals surface area contributed by atoms with Crippen molar-refractivity contribution in [3.8, 4) is 0 Å². The summed E-state index contributed by atoms with van der Waals surface area (Å²) in [6.07, 6.45) is 2.58. The first-order valence-electron chi connectivity index (χ1n) is 8.63. The van der Waals surface area contributed by atoms with Crippen molar-refractivity contribution in [1.29, 1.82) is 0 Å². The van der Waals surface area contributed by atoms with Crippen molar-refractivity contribution in [2.24, 2.45) is 16.7 Å². The Kier molecular flexibility index (Phi) is 4.42. The molecule has 0 aromatic heterocycles. The molecule has 0 amide bonds. The molecule has 2 rings (SSSR count). The lowest BCUT2D eigenvalue weighted by molar-refractivity contribution is -0.917. The largest absolute Gasteiger partial charge is 0.462 e. The Morgan fingerprint density at radius 3 is 2.36 bits per heavy atom. The maximum absolute atomic E-state index is 12.1. The van der Waals surface area contributed by atoms with Crippen LogP contribution in [-0.2, 0) is 9.53 Å². The van der Waals surface area contributed by atoms with Crippen LogP contribution < -0.4 is 0 Å². The number of ether oxygens (including phenoxy) is 1. The van der Waals surface area contributed by atoms with E-state index in [2.05, 4.69) is 53.9 Å². The molecule has 0 spiro atoms. The number of esters is 1. The van der Waals surface area contributed by atoms with Gasteiger partial charge in [-0.05, 0) is 45.2 Å². The molecule has 0 aliphatic heterocycles. The Labute approximate surface area is 136 Å². The molecule has 4 nitrogen and oxygen atoms in total. The average molecular weight is 311 g/mol. The summed E-state index contributed by atoms with van der Waals surface area (Å²) in [5.41, 5.74) is 0.583. The first-order chi connectivity index (χ1) is 9.99. The van der Waals surface area contributed by atoms with Gasteiger partial charge in [-0.15, -0.1) is 0 Å². The van der Waals surface area contributed by atoms with E-state index < -0.39 is 0 Å². The predicted molar refractivity (Wildman–Crippen MR) is 89.5 cm³/mol. The molecule has 0 unspecified atom stereocenters. The van der Waals surface area contributed by atoms with Crippen molar-refractivity contribution >= 4 is 5.97 Å². The molecule has 4 atom stereocenters. The number of hydrogen-bond acceptors (Lipinski definition) is 3.